The lowest BCUT2D eigenvalue weighted by Gasteiger charge is -2.43. The first-order valence-electron chi connectivity index (χ1n) is 10.9. The molecule has 0 aliphatic heterocycles. The molecule has 2 rings (SSSR count). The van der Waals surface area contributed by atoms with Crippen molar-refractivity contribution in [1.82, 2.24) is 0 Å². The Morgan fingerprint density at radius 3 is 2.43 bits per heavy atom. The lowest BCUT2D eigenvalue weighted by atomic mass is 9.64. The van der Waals surface area contributed by atoms with E-state index in [1.807, 2.05) is 0 Å². The Kier molecular flexibility index (Phi) is 8.81. The van der Waals surface area contributed by atoms with Crippen molar-refractivity contribution in [3.63, 3.8) is 0 Å². The quantitative estimate of drug-likeness (QED) is 0.437. The molecule has 1 aromatic rings. The average Bonchev–Trinajstić information content (AvgIpc) is 2.64. The third kappa shape index (κ3) is 6.51. The number of rotatable bonds is 10. The smallest absolute Gasteiger partial charge is 0.302 e. The second-order valence-corrected chi connectivity index (χ2v) is 8.90. The van der Waals surface area contributed by atoms with Crippen LogP contribution in [0.25, 0.3) is 0 Å². The van der Waals surface area contributed by atoms with E-state index in [1.54, 1.807) is 0 Å². The van der Waals surface area contributed by atoms with Gasteiger partial charge in [0.15, 0.2) is 0 Å². The van der Waals surface area contributed by atoms with Crippen LogP contribution in [0.2, 0.25) is 0 Å². The molecule has 0 saturated heterocycles. The van der Waals surface area contributed by atoms with E-state index in [1.165, 1.54) is 18.9 Å². The maximum Gasteiger partial charge on any atom is 0.302 e. The number of ether oxygens (including phenoxy) is 2. The van der Waals surface area contributed by atoms with Crippen LogP contribution in [-0.4, -0.2) is 30.4 Å². The number of carbonyl (C=O) groups excluding carboxylic acids is 1. The molecule has 0 radical (unpaired) electrons. The SMILES string of the molecule is CC(=O)O[C@@H]1C[C@H](C)CC[C@H]1C(C)(C)c1ccc(OCCCCCCO)cc1. The van der Waals surface area contributed by atoms with Crippen molar-refractivity contribution in [1.29, 1.82) is 0 Å². The van der Waals surface area contributed by atoms with Crippen LogP contribution in [0.15, 0.2) is 24.3 Å². The average molecular weight is 391 g/mol. The summed E-state index contributed by atoms with van der Waals surface area (Å²) in [5, 5.41) is 8.80. The monoisotopic (exact) mass is 390 g/mol. The molecule has 1 aromatic carbocycles. The van der Waals surface area contributed by atoms with Crippen molar-refractivity contribution in [3.05, 3.63) is 29.8 Å². The van der Waals surface area contributed by atoms with Gasteiger partial charge in [-0.25, -0.2) is 0 Å². The molecule has 1 aliphatic rings. The summed E-state index contributed by atoms with van der Waals surface area (Å²) in [6.45, 7) is 9.27. The number of aliphatic hydroxyl groups is 1. The normalized spacial score (nSPS) is 22.7. The minimum absolute atomic E-state index is 0.00824. The van der Waals surface area contributed by atoms with Gasteiger partial charge in [-0.2, -0.15) is 0 Å². The molecule has 3 atom stereocenters. The molecule has 0 bridgehead atoms. The van der Waals surface area contributed by atoms with Gasteiger partial charge in [0.1, 0.15) is 11.9 Å². The molecule has 1 saturated carbocycles. The van der Waals surface area contributed by atoms with Crippen molar-refractivity contribution in [2.75, 3.05) is 13.2 Å². The van der Waals surface area contributed by atoms with E-state index in [0.717, 1.165) is 44.3 Å². The van der Waals surface area contributed by atoms with Gasteiger partial charge in [-0.1, -0.05) is 45.7 Å². The first-order valence-corrected chi connectivity index (χ1v) is 10.9. The van der Waals surface area contributed by atoms with Gasteiger partial charge in [-0.05, 0) is 61.1 Å². The molecule has 0 heterocycles. The molecule has 1 fully saturated rings. The first-order chi connectivity index (χ1) is 13.3. The van der Waals surface area contributed by atoms with Crippen molar-refractivity contribution in [3.8, 4) is 5.75 Å². The lowest BCUT2D eigenvalue weighted by molar-refractivity contribution is -0.153. The highest BCUT2D eigenvalue weighted by atomic mass is 16.5. The Balaban J connectivity index is 1.97. The van der Waals surface area contributed by atoms with Crippen molar-refractivity contribution in [2.24, 2.45) is 11.8 Å². The Morgan fingerprint density at radius 1 is 1.11 bits per heavy atom. The van der Waals surface area contributed by atoms with E-state index in [9.17, 15) is 4.79 Å². The highest BCUT2D eigenvalue weighted by molar-refractivity contribution is 5.66. The molecule has 4 heteroatoms. The van der Waals surface area contributed by atoms with Gasteiger partial charge in [-0.3, -0.25) is 4.79 Å². The fourth-order valence-electron chi connectivity index (χ4n) is 4.45. The van der Waals surface area contributed by atoms with Crippen LogP contribution < -0.4 is 4.74 Å². The van der Waals surface area contributed by atoms with E-state index < -0.39 is 0 Å². The third-order valence-corrected chi connectivity index (χ3v) is 6.22. The van der Waals surface area contributed by atoms with Gasteiger partial charge < -0.3 is 14.6 Å². The first kappa shape index (κ1) is 22.7. The van der Waals surface area contributed by atoms with Crippen LogP contribution in [-0.2, 0) is 14.9 Å². The molecule has 0 spiro atoms. The number of carbonyl (C=O) groups is 1. The highest BCUT2D eigenvalue weighted by Crippen LogP contribution is 2.44. The summed E-state index contributed by atoms with van der Waals surface area (Å²) in [5.74, 6) is 1.65. The predicted octanol–water partition coefficient (Wildman–Crippen LogP) is 5.26. The highest BCUT2D eigenvalue weighted by Gasteiger charge is 2.41. The zero-order valence-corrected chi connectivity index (χ0v) is 18.1. The van der Waals surface area contributed by atoms with Crippen molar-refractivity contribution >= 4 is 5.97 Å². The largest absolute Gasteiger partial charge is 0.494 e. The van der Waals surface area contributed by atoms with E-state index in [0.29, 0.717) is 18.4 Å². The zero-order valence-electron chi connectivity index (χ0n) is 18.1. The van der Waals surface area contributed by atoms with Crippen LogP contribution in [0.1, 0.15) is 78.2 Å². The van der Waals surface area contributed by atoms with E-state index >= 15 is 0 Å². The van der Waals surface area contributed by atoms with Crippen LogP contribution in [0, 0.1) is 11.8 Å². The summed E-state index contributed by atoms with van der Waals surface area (Å²) in [4.78, 5) is 11.6. The number of unbranched alkanes of at least 4 members (excludes halogenated alkanes) is 3. The fourth-order valence-corrected chi connectivity index (χ4v) is 4.45. The third-order valence-electron chi connectivity index (χ3n) is 6.22. The van der Waals surface area contributed by atoms with E-state index in [4.69, 9.17) is 14.6 Å². The molecule has 0 aromatic heterocycles. The van der Waals surface area contributed by atoms with Gasteiger partial charge in [0.25, 0.3) is 0 Å². The number of hydrogen-bond acceptors (Lipinski definition) is 4. The number of aliphatic hydroxyl groups excluding tert-OH is 1. The number of benzene rings is 1. The molecule has 28 heavy (non-hydrogen) atoms. The molecule has 0 unspecified atom stereocenters. The summed E-state index contributed by atoms with van der Waals surface area (Å²) in [7, 11) is 0. The van der Waals surface area contributed by atoms with Gasteiger partial charge >= 0.3 is 5.97 Å². The lowest BCUT2D eigenvalue weighted by Crippen LogP contribution is -2.43. The maximum atomic E-state index is 11.6. The minimum atomic E-state index is -0.178. The van der Waals surface area contributed by atoms with Crippen molar-refractivity contribution < 1.29 is 19.4 Å². The van der Waals surface area contributed by atoms with Crippen molar-refractivity contribution in [2.45, 2.75) is 84.2 Å². The predicted molar refractivity (Wildman–Crippen MR) is 113 cm³/mol. The molecule has 0 amide bonds. The Bertz CT molecular complexity index is 593. The molecule has 1 N–H and O–H groups in total. The molecule has 158 valence electrons. The van der Waals surface area contributed by atoms with Gasteiger partial charge in [-0.15, -0.1) is 0 Å². The summed E-state index contributed by atoms with van der Waals surface area (Å²) < 4.78 is 11.6. The Morgan fingerprint density at radius 2 is 1.79 bits per heavy atom. The molecule has 4 nitrogen and oxygen atoms in total. The summed E-state index contributed by atoms with van der Waals surface area (Å²) in [6.07, 6.45) is 7.23. The van der Waals surface area contributed by atoms with Crippen LogP contribution >= 0.6 is 0 Å². The molecule has 1 aliphatic carbocycles. The topological polar surface area (TPSA) is 55.8 Å². The zero-order chi connectivity index (χ0) is 20.6. The standard InChI is InChI=1S/C24H38O4/c1-18-9-14-22(23(17-18)28-19(2)26)24(3,4)20-10-12-21(13-11-20)27-16-8-6-5-7-15-25/h10-13,18,22-23,25H,5-9,14-17H2,1-4H3/t18-,22-,23-/m1/s1. The minimum Gasteiger partial charge on any atom is -0.494 e. The van der Waals surface area contributed by atoms with Crippen LogP contribution in [0.3, 0.4) is 0 Å². The Hall–Kier alpha value is -1.55. The number of hydrogen-bond donors (Lipinski definition) is 1. The van der Waals surface area contributed by atoms with E-state index in [2.05, 4.69) is 45.0 Å². The summed E-state index contributed by atoms with van der Waals surface area (Å²) >= 11 is 0. The summed E-state index contributed by atoms with van der Waals surface area (Å²) in [6, 6.07) is 8.42. The number of esters is 1. The Labute approximate surface area is 170 Å². The fraction of sp³-hybridized carbons (Fsp3) is 0.708. The molecular weight excluding hydrogens is 352 g/mol. The van der Waals surface area contributed by atoms with Gasteiger partial charge in [0.2, 0.25) is 0 Å². The van der Waals surface area contributed by atoms with E-state index in [-0.39, 0.29) is 24.1 Å². The van der Waals surface area contributed by atoms with Crippen LogP contribution in [0.4, 0.5) is 0 Å². The van der Waals surface area contributed by atoms with Crippen LogP contribution in [0.5, 0.6) is 5.75 Å². The second kappa shape index (κ2) is 10.8. The maximum absolute atomic E-state index is 11.6. The molecular formula is C24H38O4. The van der Waals surface area contributed by atoms with Gasteiger partial charge in [0, 0.05) is 19.4 Å². The summed E-state index contributed by atoms with van der Waals surface area (Å²) in [5.41, 5.74) is 1.20. The second-order valence-electron chi connectivity index (χ2n) is 8.90. The van der Waals surface area contributed by atoms with Gasteiger partial charge in [0.05, 0.1) is 6.61 Å².